The van der Waals surface area contributed by atoms with Gasteiger partial charge in [0.05, 0.1) is 13.7 Å². The monoisotopic (exact) mass is 245 g/mol. The Morgan fingerprint density at radius 2 is 1.78 bits per heavy atom. The van der Waals surface area contributed by atoms with Gasteiger partial charge in [-0.3, -0.25) is 0 Å². The second-order valence-corrected chi connectivity index (χ2v) is 4.50. The summed E-state index contributed by atoms with van der Waals surface area (Å²) in [6, 6.07) is 8.11. The highest BCUT2D eigenvalue weighted by Gasteiger charge is 2.09. The Hall–Kier alpha value is -1.74. The molecule has 0 aliphatic heterocycles. The van der Waals surface area contributed by atoms with Gasteiger partial charge in [-0.2, -0.15) is 0 Å². The van der Waals surface area contributed by atoms with E-state index in [-0.39, 0.29) is 0 Å². The van der Waals surface area contributed by atoms with Crippen LogP contribution in [0.5, 0.6) is 5.75 Å². The minimum absolute atomic E-state index is 0.435. The van der Waals surface area contributed by atoms with Crippen molar-refractivity contribution >= 4 is 0 Å². The van der Waals surface area contributed by atoms with Gasteiger partial charge in [0.25, 0.3) is 0 Å². The topological polar surface area (TPSA) is 48.4 Å². The minimum atomic E-state index is 0.435. The SMILES string of the molecule is COc1cc(C)c(C)cc1Cc1ccc(CN)o1. The molecule has 1 aromatic heterocycles. The quantitative estimate of drug-likeness (QED) is 0.901. The van der Waals surface area contributed by atoms with E-state index in [1.54, 1.807) is 7.11 Å². The highest BCUT2D eigenvalue weighted by molar-refractivity contribution is 5.43. The third-order valence-electron chi connectivity index (χ3n) is 3.18. The molecular formula is C15H19NO2. The fraction of sp³-hybridized carbons (Fsp3) is 0.333. The van der Waals surface area contributed by atoms with Crippen molar-refractivity contribution in [1.82, 2.24) is 0 Å². The first kappa shape index (κ1) is 12.7. The molecule has 0 radical (unpaired) electrons. The van der Waals surface area contributed by atoms with Crippen molar-refractivity contribution < 1.29 is 9.15 Å². The smallest absolute Gasteiger partial charge is 0.122 e. The molecule has 0 amide bonds. The van der Waals surface area contributed by atoms with Crippen LogP contribution in [0.15, 0.2) is 28.7 Å². The molecule has 0 saturated carbocycles. The highest BCUT2D eigenvalue weighted by Crippen LogP contribution is 2.26. The van der Waals surface area contributed by atoms with Crippen LogP contribution in [-0.4, -0.2) is 7.11 Å². The lowest BCUT2D eigenvalue weighted by atomic mass is 10.0. The summed E-state index contributed by atoms with van der Waals surface area (Å²) in [4.78, 5) is 0. The largest absolute Gasteiger partial charge is 0.496 e. The van der Waals surface area contributed by atoms with E-state index in [0.29, 0.717) is 6.54 Å². The molecular weight excluding hydrogens is 226 g/mol. The van der Waals surface area contributed by atoms with Crippen molar-refractivity contribution in [3.63, 3.8) is 0 Å². The Labute approximate surface area is 108 Å². The van der Waals surface area contributed by atoms with Crippen molar-refractivity contribution in [1.29, 1.82) is 0 Å². The Bertz CT molecular complexity index is 543. The number of benzene rings is 1. The zero-order chi connectivity index (χ0) is 13.1. The zero-order valence-corrected chi connectivity index (χ0v) is 11.1. The number of hydrogen-bond donors (Lipinski definition) is 1. The van der Waals surface area contributed by atoms with Gasteiger partial charge in [0.15, 0.2) is 0 Å². The molecule has 2 N–H and O–H groups in total. The third-order valence-corrected chi connectivity index (χ3v) is 3.18. The summed E-state index contributed by atoms with van der Waals surface area (Å²) in [7, 11) is 1.70. The molecule has 3 nitrogen and oxygen atoms in total. The van der Waals surface area contributed by atoms with Gasteiger partial charge in [-0.1, -0.05) is 6.07 Å². The van der Waals surface area contributed by atoms with Crippen LogP contribution in [0.3, 0.4) is 0 Å². The van der Waals surface area contributed by atoms with Crippen LogP contribution in [0.4, 0.5) is 0 Å². The summed E-state index contributed by atoms with van der Waals surface area (Å²) >= 11 is 0. The number of methoxy groups -OCH3 is 1. The fourth-order valence-electron chi connectivity index (χ4n) is 1.99. The van der Waals surface area contributed by atoms with E-state index in [1.165, 1.54) is 11.1 Å². The second-order valence-electron chi connectivity index (χ2n) is 4.50. The van der Waals surface area contributed by atoms with Crippen molar-refractivity contribution in [2.24, 2.45) is 5.73 Å². The normalized spacial score (nSPS) is 10.7. The number of furan rings is 1. The summed E-state index contributed by atoms with van der Waals surface area (Å²) in [5, 5.41) is 0. The van der Waals surface area contributed by atoms with Crippen molar-refractivity contribution in [3.8, 4) is 5.75 Å². The Balaban J connectivity index is 2.30. The summed E-state index contributed by atoms with van der Waals surface area (Å²) < 4.78 is 11.0. The lowest BCUT2D eigenvalue weighted by Gasteiger charge is -2.10. The molecule has 0 atom stereocenters. The van der Waals surface area contributed by atoms with Gasteiger partial charge in [-0.25, -0.2) is 0 Å². The molecule has 0 unspecified atom stereocenters. The fourth-order valence-corrected chi connectivity index (χ4v) is 1.99. The molecule has 0 aliphatic rings. The second kappa shape index (κ2) is 5.27. The van der Waals surface area contributed by atoms with Crippen LogP contribution in [0.2, 0.25) is 0 Å². The number of hydrogen-bond acceptors (Lipinski definition) is 3. The molecule has 3 heteroatoms. The van der Waals surface area contributed by atoms with E-state index in [9.17, 15) is 0 Å². The van der Waals surface area contributed by atoms with Gasteiger partial charge in [0.2, 0.25) is 0 Å². The van der Waals surface area contributed by atoms with E-state index in [2.05, 4.69) is 26.0 Å². The maximum atomic E-state index is 5.63. The van der Waals surface area contributed by atoms with Gasteiger partial charge < -0.3 is 14.9 Å². The molecule has 0 fully saturated rings. The molecule has 0 spiro atoms. The predicted octanol–water partition coefficient (Wildman–Crippen LogP) is 2.95. The lowest BCUT2D eigenvalue weighted by Crippen LogP contribution is -1.96. The standard InChI is InChI=1S/C15H19NO2/c1-10-6-12(15(17-3)7-11(10)2)8-13-4-5-14(9-16)18-13/h4-7H,8-9,16H2,1-3H3. The molecule has 0 bridgehead atoms. The Morgan fingerprint density at radius 1 is 1.11 bits per heavy atom. The Kier molecular flexibility index (Phi) is 3.72. The van der Waals surface area contributed by atoms with Crippen LogP contribution in [0.25, 0.3) is 0 Å². The number of rotatable bonds is 4. The first-order chi connectivity index (χ1) is 8.63. The van der Waals surface area contributed by atoms with E-state index >= 15 is 0 Å². The van der Waals surface area contributed by atoms with Gasteiger partial charge in [0.1, 0.15) is 17.3 Å². The molecule has 1 heterocycles. The van der Waals surface area contributed by atoms with Crippen LogP contribution in [0, 0.1) is 13.8 Å². The first-order valence-corrected chi connectivity index (χ1v) is 6.05. The molecule has 2 rings (SSSR count). The van der Waals surface area contributed by atoms with Crippen LogP contribution in [-0.2, 0) is 13.0 Å². The number of nitrogens with two attached hydrogens (primary N) is 1. The minimum Gasteiger partial charge on any atom is -0.496 e. The van der Waals surface area contributed by atoms with Gasteiger partial charge in [-0.15, -0.1) is 0 Å². The zero-order valence-electron chi connectivity index (χ0n) is 11.1. The molecule has 0 aliphatic carbocycles. The van der Waals surface area contributed by atoms with Gasteiger partial charge in [-0.05, 0) is 43.2 Å². The maximum absolute atomic E-state index is 5.63. The summed E-state index contributed by atoms with van der Waals surface area (Å²) in [5.41, 5.74) is 9.17. The van der Waals surface area contributed by atoms with Gasteiger partial charge in [0, 0.05) is 12.0 Å². The maximum Gasteiger partial charge on any atom is 0.122 e. The van der Waals surface area contributed by atoms with Crippen LogP contribution in [0.1, 0.15) is 28.2 Å². The summed E-state index contributed by atoms with van der Waals surface area (Å²) in [6.07, 6.45) is 0.726. The molecule has 2 aromatic rings. The van der Waals surface area contributed by atoms with E-state index in [0.717, 1.165) is 29.3 Å². The van der Waals surface area contributed by atoms with Crippen molar-refractivity contribution in [3.05, 3.63) is 52.5 Å². The van der Waals surface area contributed by atoms with Crippen molar-refractivity contribution in [2.75, 3.05) is 7.11 Å². The number of ether oxygens (including phenoxy) is 1. The molecule has 18 heavy (non-hydrogen) atoms. The average molecular weight is 245 g/mol. The van der Waals surface area contributed by atoms with Crippen LogP contribution < -0.4 is 10.5 Å². The average Bonchev–Trinajstić information content (AvgIpc) is 2.81. The Morgan fingerprint density at radius 3 is 2.39 bits per heavy atom. The van der Waals surface area contributed by atoms with Crippen LogP contribution >= 0.6 is 0 Å². The molecule has 96 valence electrons. The number of aryl methyl sites for hydroxylation is 2. The lowest BCUT2D eigenvalue weighted by molar-refractivity contribution is 0.407. The molecule has 0 saturated heterocycles. The summed E-state index contributed by atoms with van der Waals surface area (Å²) in [5.74, 6) is 2.63. The summed E-state index contributed by atoms with van der Waals surface area (Å²) in [6.45, 7) is 4.62. The van der Waals surface area contributed by atoms with Crippen molar-refractivity contribution in [2.45, 2.75) is 26.8 Å². The third kappa shape index (κ3) is 2.57. The van der Waals surface area contributed by atoms with E-state index < -0.39 is 0 Å². The van der Waals surface area contributed by atoms with E-state index in [1.807, 2.05) is 12.1 Å². The van der Waals surface area contributed by atoms with E-state index in [4.69, 9.17) is 14.9 Å². The predicted molar refractivity (Wildman–Crippen MR) is 71.9 cm³/mol. The first-order valence-electron chi connectivity index (χ1n) is 6.05. The highest BCUT2D eigenvalue weighted by atomic mass is 16.5. The molecule has 1 aromatic carbocycles. The van der Waals surface area contributed by atoms with Gasteiger partial charge >= 0.3 is 0 Å².